The van der Waals surface area contributed by atoms with E-state index in [1.54, 1.807) is 0 Å². The maximum Gasteiger partial charge on any atom is 0.173 e. The summed E-state index contributed by atoms with van der Waals surface area (Å²) in [6.45, 7) is 2.73. The van der Waals surface area contributed by atoms with Crippen molar-refractivity contribution in [3.05, 3.63) is 42.0 Å². The first kappa shape index (κ1) is 9.27. The Hall–Kier alpha value is -1.97. The van der Waals surface area contributed by atoms with Crippen LogP contribution in [0.5, 0.6) is 5.75 Å². The molecule has 4 nitrogen and oxygen atoms in total. The number of para-hydroxylation sites is 2. The molecule has 0 radical (unpaired) electrons. The summed E-state index contributed by atoms with van der Waals surface area (Å²) >= 11 is 0. The minimum Gasteiger partial charge on any atom is -0.478 e. The highest BCUT2D eigenvalue weighted by Crippen LogP contribution is 2.32. The number of hydrogen-bond acceptors (Lipinski definition) is 3. The Labute approximate surface area is 93.7 Å². The van der Waals surface area contributed by atoms with Gasteiger partial charge in [0, 0.05) is 11.9 Å². The number of hydrogen-bond donors (Lipinski definition) is 2. The fourth-order valence-corrected chi connectivity index (χ4v) is 1.86. The number of fused-ring (bicyclic) bond motifs is 1. The Morgan fingerprint density at radius 3 is 3.06 bits per heavy atom. The molecule has 2 N–H and O–H groups in total. The van der Waals surface area contributed by atoms with E-state index in [4.69, 9.17) is 4.74 Å². The van der Waals surface area contributed by atoms with Gasteiger partial charge < -0.3 is 15.0 Å². The van der Waals surface area contributed by atoms with Crippen molar-refractivity contribution in [3.8, 4) is 5.75 Å². The first-order valence-corrected chi connectivity index (χ1v) is 5.34. The average molecular weight is 215 g/mol. The van der Waals surface area contributed by atoms with Crippen LogP contribution < -0.4 is 10.1 Å². The van der Waals surface area contributed by atoms with Crippen LogP contribution in [0, 0.1) is 6.92 Å². The summed E-state index contributed by atoms with van der Waals surface area (Å²) in [5.74, 6) is 1.76. The lowest BCUT2D eigenvalue weighted by atomic mass is 10.2. The fraction of sp³-hybridized carbons (Fsp3) is 0.250. The summed E-state index contributed by atoms with van der Waals surface area (Å²) in [6, 6.07) is 7.94. The molecule has 0 bridgehead atoms. The number of nitrogens with zero attached hydrogens (tertiary/aromatic N) is 1. The van der Waals surface area contributed by atoms with E-state index < -0.39 is 0 Å². The number of anilines is 1. The van der Waals surface area contributed by atoms with Crippen molar-refractivity contribution in [3.63, 3.8) is 0 Å². The molecule has 1 atom stereocenters. The van der Waals surface area contributed by atoms with Crippen molar-refractivity contribution in [1.82, 2.24) is 9.97 Å². The van der Waals surface area contributed by atoms with E-state index in [1.807, 2.05) is 37.4 Å². The first-order valence-electron chi connectivity index (χ1n) is 5.34. The number of H-pyrrole nitrogens is 1. The first-order chi connectivity index (χ1) is 7.83. The van der Waals surface area contributed by atoms with Crippen LogP contribution in [0.3, 0.4) is 0 Å². The quantitative estimate of drug-likeness (QED) is 0.767. The second-order valence-electron chi connectivity index (χ2n) is 3.94. The highest BCUT2D eigenvalue weighted by atomic mass is 16.5. The topological polar surface area (TPSA) is 49.9 Å². The van der Waals surface area contributed by atoms with Gasteiger partial charge in [-0.25, -0.2) is 4.98 Å². The molecule has 3 rings (SSSR count). The minimum absolute atomic E-state index is 0.0383. The van der Waals surface area contributed by atoms with E-state index in [0.29, 0.717) is 0 Å². The Morgan fingerprint density at radius 2 is 2.25 bits per heavy atom. The third-order valence-electron chi connectivity index (χ3n) is 2.66. The Morgan fingerprint density at radius 1 is 1.38 bits per heavy atom. The van der Waals surface area contributed by atoms with Crippen molar-refractivity contribution in [2.45, 2.75) is 13.0 Å². The molecule has 1 unspecified atom stereocenters. The summed E-state index contributed by atoms with van der Waals surface area (Å²) in [5, 5.41) is 3.34. The largest absolute Gasteiger partial charge is 0.478 e. The van der Waals surface area contributed by atoms with Crippen LogP contribution in [-0.2, 0) is 0 Å². The van der Waals surface area contributed by atoms with Crippen LogP contribution in [0.1, 0.15) is 17.6 Å². The van der Waals surface area contributed by atoms with Crippen LogP contribution in [-0.4, -0.2) is 16.5 Å². The molecule has 0 aliphatic carbocycles. The molecule has 1 aliphatic rings. The van der Waals surface area contributed by atoms with Gasteiger partial charge >= 0.3 is 0 Å². The number of ether oxygens (including phenoxy) is 1. The molecule has 4 heteroatoms. The lowest BCUT2D eigenvalue weighted by Gasteiger charge is -2.25. The third kappa shape index (κ3) is 1.52. The molecule has 2 aromatic rings. The Kier molecular flexibility index (Phi) is 2.06. The molecule has 1 aromatic carbocycles. The van der Waals surface area contributed by atoms with Gasteiger partial charge in [0.25, 0.3) is 0 Å². The van der Waals surface area contributed by atoms with Gasteiger partial charge in [-0.05, 0) is 19.1 Å². The van der Waals surface area contributed by atoms with E-state index in [-0.39, 0.29) is 6.10 Å². The molecule has 0 fully saturated rings. The maximum absolute atomic E-state index is 5.88. The van der Waals surface area contributed by atoms with Crippen LogP contribution in [0.4, 0.5) is 5.69 Å². The Bertz CT molecular complexity index is 506. The zero-order valence-electron chi connectivity index (χ0n) is 9.03. The summed E-state index contributed by atoms with van der Waals surface area (Å²) in [6.07, 6.45) is 1.78. The molecule has 2 heterocycles. The van der Waals surface area contributed by atoms with Crippen LogP contribution in [0.2, 0.25) is 0 Å². The van der Waals surface area contributed by atoms with Crippen LogP contribution in [0.15, 0.2) is 30.5 Å². The molecule has 1 aromatic heterocycles. The van der Waals surface area contributed by atoms with E-state index in [2.05, 4.69) is 15.3 Å². The molecular weight excluding hydrogens is 202 g/mol. The van der Waals surface area contributed by atoms with Crippen LogP contribution >= 0.6 is 0 Å². The maximum atomic E-state index is 5.88. The standard InChI is InChI=1S/C12H13N3O/c1-8-6-14-12(15-8)11-7-13-9-4-2-3-5-10(9)16-11/h2-6,11,13H,7H2,1H3,(H,14,15). The van der Waals surface area contributed by atoms with E-state index in [1.165, 1.54) is 0 Å². The van der Waals surface area contributed by atoms with Gasteiger partial charge in [-0.15, -0.1) is 0 Å². The molecule has 1 aliphatic heterocycles. The lowest BCUT2D eigenvalue weighted by Crippen LogP contribution is -2.24. The second-order valence-corrected chi connectivity index (χ2v) is 3.94. The lowest BCUT2D eigenvalue weighted by molar-refractivity contribution is 0.201. The molecule has 82 valence electrons. The molecule has 16 heavy (non-hydrogen) atoms. The van der Waals surface area contributed by atoms with Crippen molar-refractivity contribution in [1.29, 1.82) is 0 Å². The average Bonchev–Trinajstić information content (AvgIpc) is 2.75. The molecular formula is C12H13N3O. The number of aryl methyl sites for hydroxylation is 1. The highest BCUT2D eigenvalue weighted by Gasteiger charge is 2.22. The SMILES string of the molecule is Cc1cnc(C2CNc3ccccc3O2)[nH]1. The predicted molar refractivity (Wildman–Crippen MR) is 61.6 cm³/mol. The van der Waals surface area contributed by atoms with Gasteiger partial charge in [-0.1, -0.05) is 12.1 Å². The summed E-state index contributed by atoms with van der Waals surface area (Å²) in [7, 11) is 0. The summed E-state index contributed by atoms with van der Waals surface area (Å²) in [5.41, 5.74) is 2.10. The molecule has 0 amide bonds. The van der Waals surface area contributed by atoms with Crippen molar-refractivity contribution in [2.75, 3.05) is 11.9 Å². The monoisotopic (exact) mass is 215 g/mol. The van der Waals surface area contributed by atoms with Crippen molar-refractivity contribution >= 4 is 5.69 Å². The van der Waals surface area contributed by atoms with Gasteiger partial charge in [0.1, 0.15) is 11.6 Å². The number of imidazole rings is 1. The zero-order valence-corrected chi connectivity index (χ0v) is 9.03. The van der Waals surface area contributed by atoms with Gasteiger partial charge in [-0.2, -0.15) is 0 Å². The van der Waals surface area contributed by atoms with E-state index in [0.717, 1.165) is 29.5 Å². The number of benzene rings is 1. The third-order valence-corrected chi connectivity index (χ3v) is 2.66. The fourth-order valence-electron chi connectivity index (χ4n) is 1.86. The number of aromatic amines is 1. The van der Waals surface area contributed by atoms with E-state index >= 15 is 0 Å². The zero-order chi connectivity index (χ0) is 11.0. The minimum atomic E-state index is -0.0383. The number of aromatic nitrogens is 2. The molecule has 0 saturated heterocycles. The van der Waals surface area contributed by atoms with Gasteiger partial charge in [0.15, 0.2) is 6.10 Å². The summed E-state index contributed by atoms with van der Waals surface area (Å²) in [4.78, 5) is 7.49. The number of rotatable bonds is 1. The van der Waals surface area contributed by atoms with Gasteiger partial charge in [-0.3, -0.25) is 0 Å². The smallest absolute Gasteiger partial charge is 0.173 e. The second kappa shape index (κ2) is 3.56. The summed E-state index contributed by atoms with van der Waals surface area (Å²) < 4.78 is 5.88. The normalized spacial score (nSPS) is 18.4. The van der Waals surface area contributed by atoms with E-state index in [9.17, 15) is 0 Å². The molecule has 0 saturated carbocycles. The highest BCUT2D eigenvalue weighted by molar-refractivity contribution is 5.57. The predicted octanol–water partition coefficient (Wildman–Crippen LogP) is 2.26. The van der Waals surface area contributed by atoms with Crippen molar-refractivity contribution in [2.24, 2.45) is 0 Å². The molecule has 0 spiro atoms. The number of nitrogens with one attached hydrogen (secondary N) is 2. The van der Waals surface area contributed by atoms with Gasteiger partial charge in [0.05, 0.1) is 12.2 Å². The van der Waals surface area contributed by atoms with Crippen LogP contribution in [0.25, 0.3) is 0 Å². The Balaban J connectivity index is 1.88. The van der Waals surface area contributed by atoms with Crippen molar-refractivity contribution < 1.29 is 4.74 Å². The van der Waals surface area contributed by atoms with Gasteiger partial charge in [0.2, 0.25) is 0 Å².